The summed E-state index contributed by atoms with van der Waals surface area (Å²) in [5, 5.41) is 19.7. The number of anilines is 2. The third-order valence-electron chi connectivity index (χ3n) is 5.15. The predicted molar refractivity (Wildman–Crippen MR) is 113 cm³/mol. The highest BCUT2D eigenvalue weighted by Crippen LogP contribution is 2.19. The number of nitrogen functional groups attached to an aromatic ring is 2. The summed E-state index contributed by atoms with van der Waals surface area (Å²) in [7, 11) is 0. The van der Waals surface area contributed by atoms with Crippen molar-refractivity contribution < 1.29 is 9.42 Å². The molecule has 12 nitrogen and oxygen atoms in total. The van der Waals surface area contributed by atoms with E-state index in [0.717, 1.165) is 31.5 Å². The van der Waals surface area contributed by atoms with Crippen molar-refractivity contribution in [3.63, 3.8) is 0 Å². The van der Waals surface area contributed by atoms with Crippen LogP contribution in [0, 0.1) is 0 Å². The topological polar surface area (TPSA) is 166 Å². The highest BCUT2D eigenvalue weighted by Gasteiger charge is 2.26. The first kappa shape index (κ1) is 20.5. The Hall–Kier alpha value is -3.80. The Labute approximate surface area is 178 Å². The van der Waals surface area contributed by atoms with Crippen molar-refractivity contribution in [3.05, 3.63) is 41.2 Å². The standard InChI is InChI=1S/C19H24N10O2/c1-12(13-5-7-14(20)8-6-13)22-24-19(30)16-15(11-28-9-3-2-4-10-28)29(27-23-16)18-17(21)25-31-26-18/h5-8H,2-4,9-11,20H2,1H3,(H2,21,25)(H,24,30). The summed E-state index contributed by atoms with van der Waals surface area (Å²) in [4.78, 5) is 15.1. The number of likely N-dealkylation sites (tertiary alicyclic amines) is 1. The van der Waals surface area contributed by atoms with E-state index in [-0.39, 0.29) is 17.3 Å². The summed E-state index contributed by atoms with van der Waals surface area (Å²) in [5.41, 5.74) is 16.9. The quantitative estimate of drug-likeness (QED) is 0.296. The smallest absolute Gasteiger partial charge is 0.293 e. The number of piperidine rings is 1. The minimum absolute atomic E-state index is 0.0639. The largest absolute Gasteiger partial charge is 0.399 e. The first-order chi connectivity index (χ1) is 15.0. The van der Waals surface area contributed by atoms with Crippen molar-refractivity contribution in [2.45, 2.75) is 32.7 Å². The molecule has 0 atom stereocenters. The van der Waals surface area contributed by atoms with E-state index < -0.39 is 5.91 Å². The maximum absolute atomic E-state index is 12.9. The molecule has 3 aromatic rings. The molecule has 162 valence electrons. The molecule has 1 aromatic carbocycles. The zero-order chi connectivity index (χ0) is 21.8. The SMILES string of the molecule is CC(=NNC(=O)c1nnn(-c2nonc2N)c1CN1CCCCC1)c1ccc(N)cc1. The molecule has 1 aliphatic heterocycles. The molecule has 1 amide bonds. The van der Waals surface area contributed by atoms with Gasteiger partial charge in [-0.1, -0.05) is 23.8 Å². The molecule has 0 bridgehead atoms. The third kappa shape index (κ3) is 4.53. The molecule has 0 aliphatic carbocycles. The van der Waals surface area contributed by atoms with Crippen LogP contribution in [0.25, 0.3) is 5.82 Å². The van der Waals surface area contributed by atoms with Gasteiger partial charge in [-0.05, 0) is 60.9 Å². The second-order valence-corrected chi connectivity index (χ2v) is 7.37. The van der Waals surface area contributed by atoms with Crippen LogP contribution in [-0.4, -0.2) is 54.9 Å². The molecule has 0 spiro atoms. The number of hydrogen-bond donors (Lipinski definition) is 3. The molecular formula is C19H24N10O2. The molecule has 1 saturated heterocycles. The predicted octanol–water partition coefficient (Wildman–Crippen LogP) is 0.955. The van der Waals surface area contributed by atoms with Gasteiger partial charge in [-0.25, -0.2) is 10.1 Å². The van der Waals surface area contributed by atoms with Gasteiger partial charge in [0.25, 0.3) is 5.91 Å². The van der Waals surface area contributed by atoms with Gasteiger partial charge in [0.05, 0.1) is 11.4 Å². The van der Waals surface area contributed by atoms with Crippen molar-refractivity contribution in [1.82, 2.24) is 35.6 Å². The van der Waals surface area contributed by atoms with E-state index in [1.807, 2.05) is 12.1 Å². The molecule has 0 unspecified atom stereocenters. The molecule has 2 aromatic heterocycles. The summed E-state index contributed by atoms with van der Waals surface area (Å²) in [5.74, 6) is -0.225. The molecule has 31 heavy (non-hydrogen) atoms. The third-order valence-corrected chi connectivity index (χ3v) is 5.15. The van der Waals surface area contributed by atoms with Crippen LogP contribution < -0.4 is 16.9 Å². The van der Waals surface area contributed by atoms with Crippen LogP contribution in [0.2, 0.25) is 0 Å². The maximum atomic E-state index is 12.9. The molecular weight excluding hydrogens is 400 g/mol. The van der Waals surface area contributed by atoms with Crippen LogP contribution in [0.1, 0.15) is 47.9 Å². The number of aromatic nitrogens is 5. The number of hydrazone groups is 1. The lowest BCUT2D eigenvalue weighted by atomic mass is 10.1. The average molecular weight is 424 g/mol. The van der Waals surface area contributed by atoms with E-state index >= 15 is 0 Å². The average Bonchev–Trinajstić information content (AvgIpc) is 3.38. The molecule has 12 heteroatoms. The number of carbonyl (C=O) groups is 1. The van der Waals surface area contributed by atoms with E-state index in [4.69, 9.17) is 16.1 Å². The van der Waals surface area contributed by atoms with E-state index in [1.165, 1.54) is 11.1 Å². The van der Waals surface area contributed by atoms with Crippen LogP contribution in [0.3, 0.4) is 0 Å². The van der Waals surface area contributed by atoms with Crippen molar-refractivity contribution in [1.29, 1.82) is 0 Å². The summed E-state index contributed by atoms with van der Waals surface area (Å²) < 4.78 is 6.09. The summed E-state index contributed by atoms with van der Waals surface area (Å²) in [6, 6.07) is 7.21. The Balaban J connectivity index is 1.59. The highest BCUT2D eigenvalue weighted by atomic mass is 16.6. The van der Waals surface area contributed by atoms with Crippen molar-refractivity contribution in [3.8, 4) is 5.82 Å². The number of hydrogen-bond acceptors (Lipinski definition) is 10. The number of nitrogens with zero attached hydrogens (tertiary/aromatic N) is 7. The molecule has 1 aliphatic rings. The summed E-state index contributed by atoms with van der Waals surface area (Å²) in [6.45, 7) is 4.10. The minimum Gasteiger partial charge on any atom is -0.399 e. The fourth-order valence-corrected chi connectivity index (χ4v) is 3.43. The van der Waals surface area contributed by atoms with Crippen LogP contribution in [0.4, 0.5) is 11.5 Å². The number of amides is 1. The lowest BCUT2D eigenvalue weighted by molar-refractivity contribution is 0.0947. The molecule has 1 fully saturated rings. The lowest BCUT2D eigenvalue weighted by Gasteiger charge is -2.26. The van der Waals surface area contributed by atoms with E-state index in [9.17, 15) is 4.79 Å². The van der Waals surface area contributed by atoms with Gasteiger partial charge >= 0.3 is 0 Å². The fraction of sp³-hybridized carbons (Fsp3) is 0.368. The van der Waals surface area contributed by atoms with Crippen molar-refractivity contribution >= 4 is 23.1 Å². The number of rotatable bonds is 6. The van der Waals surface area contributed by atoms with Crippen LogP contribution in [0.15, 0.2) is 34.0 Å². The normalized spacial score (nSPS) is 15.2. The number of nitrogens with two attached hydrogens (primary N) is 2. The van der Waals surface area contributed by atoms with Gasteiger partial charge in [0, 0.05) is 12.2 Å². The van der Waals surface area contributed by atoms with Crippen LogP contribution in [-0.2, 0) is 6.54 Å². The maximum Gasteiger partial charge on any atom is 0.293 e. The molecule has 0 saturated carbocycles. The Bertz CT molecular complexity index is 1080. The minimum atomic E-state index is -0.483. The van der Waals surface area contributed by atoms with Gasteiger partial charge in [0.15, 0.2) is 5.69 Å². The fourth-order valence-electron chi connectivity index (χ4n) is 3.43. The van der Waals surface area contributed by atoms with Crippen molar-refractivity contribution in [2.75, 3.05) is 24.6 Å². The monoisotopic (exact) mass is 424 g/mol. The van der Waals surface area contributed by atoms with Gasteiger partial charge in [0.2, 0.25) is 11.6 Å². The first-order valence-electron chi connectivity index (χ1n) is 9.99. The lowest BCUT2D eigenvalue weighted by Crippen LogP contribution is -2.31. The Morgan fingerprint density at radius 2 is 1.90 bits per heavy atom. The van der Waals surface area contributed by atoms with E-state index in [2.05, 4.69) is 36.1 Å². The molecule has 4 rings (SSSR count). The van der Waals surface area contributed by atoms with Crippen LogP contribution in [0.5, 0.6) is 0 Å². The zero-order valence-corrected chi connectivity index (χ0v) is 17.2. The number of nitrogens with one attached hydrogen (secondary N) is 1. The molecule has 0 radical (unpaired) electrons. The second kappa shape index (κ2) is 8.92. The Morgan fingerprint density at radius 3 is 2.58 bits per heavy atom. The van der Waals surface area contributed by atoms with Gasteiger partial charge in [-0.2, -0.15) is 9.78 Å². The Kier molecular flexibility index (Phi) is 5.89. The first-order valence-corrected chi connectivity index (χ1v) is 9.99. The Morgan fingerprint density at radius 1 is 1.16 bits per heavy atom. The molecule has 5 N–H and O–H groups in total. The summed E-state index contributed by atoms with van der Waals surface area (Å²) in [6.07, 6.45) is 3.39. The van der Waals surface area contributed by atoms with Gasteiger partial charge in [-0.3, -0.25) is 9.69 Å². The highest BCUT2D eigenvalue weighted by molar-refractivity contribution is 6.00. The van der Waals surface area contributed by atoms with Gasteiger partial charge in [0.1, 0.15) is 0 Å². The van der Waals surface area contributed by atoms with Gasteiger partial charge in [-0.15, -0.1) is 5.10 Å². The zero-order valence-electron chi connectivity index (χ0n) is 17.2. The molecule has 3 heterocycles. The van der Waals surface area contributed by atoms with Crippen molar-refractivity contribution in [2.24, 2.45) is 5.10 Å². The second-order valence-electron chi connectivity index (χ2n) is 7.37. The number of benzene rings is 1. The van der Waals surface area contributed by atoms with E-state index in [1.54, 1.807) is 19.1 Å². The van der Waals surface area contributed by atoms with Gasteiger partial charge < -0.3 is 11.5 Å². The van der Waals surface area contributed by atoms with Crippen LogP contribution >= 0.6 is 0 Å². The summed E-state index contributed by atoms with van der Waals surface area (Å²) >= 11 is 0. The van der Waals surface area contributed by atoms with E-state index in [0.29, 0.717) is 23.6 Å². The number of carbonyl (C=O) groups excluding carboxylic acids is 1.